The van der Waals surface area contributed by atoms with Gasteiger partial charge in [0.1, 0.15) is 10.7 Å². The van der Waals surface area contributed by atoms with Gasteiger partial charge in [-0.05, 0) is 56.5 Å². The highest BCUT2D eigenvalue weighted by atomic mass is 35.5. The van der Waals surface area contributed by atoms with Crippen LogP contribution in [0.25, 0.3) is 11.0 Å². The number of rotatable bonds is 6. The van der Waals surface area contributed by atoms with E-state index in [4.69, 9.17) is 11.6 Å². The van der Waals surface area contributed by atoms with Crippen molar-refractivity contribution < 1.29 is 4.21 Å². The van der Waals surface area contributed by atoms with Crippen LogP contribution < -0.4 is 10.9 Å². The van der Waals surface area contributed by atoms with Crippen LogP contribution in [0, 0.1) is 12.8 Å². The summed E-state index contributed by atoms with van der Waals surface area (Å²) in [5.74, 6) is 1.38. The number of benzene rings is 1. The topological polar surface area (TPSA) is 76.9 Å². The maximum atomic E-state index is 12.4. The second-order valence-electron chi connectivity index (χ2n) is 7.74. The SMILES string of the molecule is Cc1cc(S(=O)CC(C)C)ccc1Nc1ncc2cc(Cl)c(=O)n(C(C)C)c2n1. The molecule has 2 aromatic heterocycles. The van der Waals surface area contributed by atoms with Crippen LogP contribution in [0.4, 0.5) is 11.6 Å². The average molecular weight is 433 g/mol. The largest absolute Gasteiger partial charge is 0.324 e. The molecule has 0 aliphatic heterocycles. The molecule has 0 radical (unpaired) electrons. The van der Waals surface area contributed by atoms with E-state index in [2.05, 4.69) is 29.1 Å². The molecule has 0 bridgehead atoms. The monoisotopic (exact) mass is 432 g/mol. The lowest BCUT2D eigenvalue weighted by Gasteiger charge is -2.15. The molecule has 2 heterocycles. The molecular weight excluding hydrogens is 408 g/mol. The molecule has 1 unspecified atom stereocenters. The second kappa shape index (κ2) is 8.63. The quantitative estimate of drug-likeness (QED) is 0.602. The number of nitrogens with one attached hydrogen (secondary N) is 1. The lowest BCUT2D eigenvalue weighted by molar-refractivity contribution is 0.595. The minimum atomic E-state index is -1.02. The zero-order valence-electron chi connectivity index (χ0n) is 17.2. The normalized spacial score (nSPS) is 12.7. The highest BCUT2D eigenvalue weighted by Crippen LogP contribution is 2.24. The minimum Gasteiger partial charge on any atom is -0.324 e. The van der Waals surface area contributed by atoms with Crippen molar-refractivity contribution in [1.29, 1.82) is 0 Å². The first kappa shape index (κ1) is 21.5. The van der Waals surface area contributed by atoms with E-state index in [1.54, 1.807) is 16.8 Å². The molecule has 0 aliphatic rings. The summed E-state index contributed by atoms with van der Waals surface area (Å²) in [4.78, 5) is 22.2. The third-order valence-electron chi connectivity index (χ3n) is 4.44. The predicted octanol–water partition coefficient (Wildman–Crippen LogP) is 4.84. The van der Waals surface area contributed by atoms with Crippen LogP contribution in [0.1, 0.15) is 39.3 Å². The lowest BCUT2D eigenvalue weighted by Crippen LogP contribution is -2.23. The number of aromatic nitrogens is 3. The Morgan fingerprint density at radius 3 is 2.55 bits per heavy atom. The number of halogens is 1. The van der Waals surface area contributed by atoms with Crippen molar-refractivity contribution in [2.24, 2.45) is 5.92 Å². The average Bonchev–Trinajstić information content (AvgIpc) is 2.63. The molecule has 29 heavy (non-hydrogen) atoms. The molecule has 1 atom stereocenters. The van der Waals surface area contributed by atoms with Gasteiger partial charge in [0.05, 0.1) is 10.8 Å². The molecule has 0 aliphatic carbocycles. The summed E-state index contributed by atoms with van der Waals surface area (Å²) < 4.78 is 14.0. The Hall–Kier alpha value is -2.25. The van der Waals surface area contributed by atoms with E-state index >= 15 is 0 Å². The number of hydrogen-bond acceptors (Lipinski definition) is 5. The Bertz CT molecular complexity index is 1140. The third kappa shape index (κ3) is 4.67. The highest BCUT2D eigenvalue weighted by molar-refractivity contribution is 7.85. The Morgan fingerprint density at radius 2 is 1.93 bits per heavy atom. The Morgan fingerprint density at radius 1 is 1.21 bits per heavy atom. The Balaban J connectivity index is 1.96. The van der Waals surface area contributed by atoms with E-state index < -0.39 is 10.8 Å². The first-order valence-corrected chi connectivity index (χ1v) is 11.2. The molecule has 0 spiro atoms. The number of nitrogens with zero attached hydrogens (tertiary/aromatic N) is 3. The number of aryl methyl sites for hydroxylation is 1. The minimum absolute atomic E-state index is 0.0941. The van der Waals surface area contributed by atoms with Gasteiger partial charge in [0, 0.05) is 34.0 Å². The molecule has 3 rings (SSSR count). The summed E-state index contributed by atoms with van der Waals surface area (Å²) in [5.41, 5.74) is 2.02. The van der Waals surface area contributed by atoms with E-state index in [0.29, 0.717) is 28.7 Å². The summed E-state index contributed by atoms with van der Waals surface area (Å²) in [6.07, 6.45) is 1.65. The fourth-order valence-corrected chi connectivity index (χ4v) is 4.60. The zero-order valence-corrected chi connectivity index (χ0v) is 18.8. The number of anilines is 2. The van der Waals surface area contributed by atoms with Gasteiger partial charge in [-0.25, -0.2) is 4.98 Å². The first-order valence-electron chi connectivity index (χ1n) is 9.51. The van der Waals surface area contributed by atoms with E-state index in [9.17, 15) is 9.00 Å². The highest BCUT2D eigenvalue weighted by Gasteiger charge is 2.14. The molecule has 3 aromatic rings. The van der Waals surface area contributed by atoms with Gasteiger partial charge >= 0.3 is 0 Å². The first-order chi connectivity index (χ1) is 13.7. The fourth-order valence-electron chi connectivity index (χ4n) is 3.06. The molecule has 0 amide bonds. The van der Waals surface area contributed by atoms with Crippen molar-refractivity contribution in [3.05, 3.63) is 51.4 Å². The molecule has 8 heteroatoms. The van der Waals surface area contributed by atoms with Crippen LogP contribution in [0.3, 0.4) is 0 Å². The second-order valence-corrected chi connectivity index (χ2v) is 9.64. The summed E-state index contributed by atoms with van der Waals surface area (Å²) in [5, 5.41) is 4.05. The zero-order chi connectivity index (χ0) is 21.3. The molecule has 0 saturated carbocycles. The van der Waals surface area contributed by atoms with E-state index in [-0.39, 0.29) is 16.6 Å². The van der Waals surface area contributed by atoms with Crippen molar-refractivity contribution in [2.75, 3.05) is 11.1 Å². The Labute approximate surface area is 177 Å². The number of pyridine rings is 1. The van der Waals surface area contributed by atoms with E-state index in [1.165, 1.54) is 0 Å². The van der Waals surface area contributed by atoms with Crippen LogP contribution in [-0.2, 0) is 10.8 Å². The van der Waals surface area contributed by atoms with Gasteiger partial charge in [-0.15, -0.1) is 0 Å². The summed E-state index contributed by atoms with van der Waals surface area (Å²) in [6, 6.07) is 7.16. The lowest BCUT2D eigenvalue weighted by atomic mass is 10.2. The standard InChI is InChI=1S/C21H25ClN4O2S/c1-12(2)11-29(28)16-6-7-18(14(5)8-16)24-21-23-10-15-9-17(22)20(27)26(13(3)4)19(15)25-21/h6-10,12-13H,11H2,1-5H3,(H,23,24,25). The van der Waals surface area contributed by atoms with Crippen molar-refractivity contribution in [3.63, 3.8) is 0 Å². The Kier molecular flexibility index (Phi) is 6.39. The van der Waals surface area contributed by atoms with Crippen LogP contribution in [0.5, 0.6) is 0 Å². The van der Waals surface area contributed by atoms with Crippen LogP contribution >= 0.6 is 11.6 Å². The van der Waals surface area contributed by atoms with E-state index in [0.717, 1.165) is 16.1 Å². The number of hydrogen-bond donors (Lipinski definition) is 1. The van der Waals surface area contributed by atoms with Crippen molar-refractivity contribution in [2.45, 2.75) is 45.6 Å². The predicted molar refractivity (Wildman–Crippen MR) is 120 cm³/mol. The molecule has 1 N–H and O–H groups in total. The molecule has 1 aromatic carbocycles. The van der Waals surface area contributed by atoms with Crippen molar-refractivity contribution >= 4 is 45.1 Å². The van der Waals surface area contributed by atoms with Gasteiger partial charge in [0.15, 0.2) is 0 Å². The van der Waals surface area contributed by atoms with Crippen LogP contribution in [0.2, 0.25) is 5.02 Å². The van der Waals surface area contributed by atoms with E-state index in [1.807, 2.05) is 39.0 Å². The maximum Gasteiger partial charge on any atom is 0.271 e. The van der Waals surface area contributed by atoms with Crippen molar-refractivity contribution in [3.8, 4) is 0 Å². The van der Waals surface area contributed by atoms with Gasteiger partial charge in [-0.1, -0.05) is 25.4 Å². The van der Waals surface area contributed by atoms with Crippen molar-refractivity contribution in [1.82, 2.24) is 14.5 Å². The summed E-state index contributed by atoms with van der Waals surface area (Å²) in [7, 11) is -1.02. The molecular formula is C21H25ClN4O2S. The van der Waals surface area contributed by atoms with Gasteiger partial charge in [0.25, 0.3) is 5.56 Å². The molecule has 0 saturated heterocycles. The molecule has 0 fully saturated rings. The van der Waals surface area contributed by atoms with Gasteiger partial charge < -0.3 is 5.32 Å². The van der Waals surface area contributed by atoms with Gasteiger partial charge in [-0.3, -0.25) is 13.6 Å². The summed E-state index contributed by atoms with van der Waals surface area (Å²) >= 11 is 6.07. The maximum absolute atomic E-state index is 12.4. The number of fused-ring (bicyclic) bond motifs is 1. The third-order valence-corrected chi connectivity index (χ3v) is 6.46. The summed E-state index contributed by atoms with van der Waals surface area (Å²) in [6.45, 7) is 9.88. The van der Waals surface area contributed by atoms with Gasteiger partial charge in [0.2, 0.25) is 5.95 Å². The smallest absolute Gasteiger partial charge is 0.271 e. The molecule has 6 nitrogen and oxygen atoms in total. The van der Waals surface area contributed by atoms with Crippen LogP contribution in [0.15, 0.2) is 40.2 Å². The fraction of sp³-hybridized carbons (Fsp3) is 0.381. The molecule has 154 valence electrons. The van der Waals surface area contributed by atoms with Crippen LogP contribution in [-0.4, -0.2) is 24.5 Å². The van der Waals surface area contributed by atoms with Gasteiger partial charge in [-0.2, -0.15) is 4.98 Å².